The summed E-state index contributed by atoms with van der Waals surface area (Å²) in [6.07, 6.45) is 30.3. The summed E-state index contributed by atoms with van der Waals surface area (Å²) in [4.78, 5) is 7.63. The molecule has 0 bridgehead atoms. The van der Waals surface area contributed by atoms with Crippen molar-refractivity contribution in [3.63, 3.8) is 0 Å². The van der Waals surface area contributed by atoms with Crippen molar-refractivity contribution in [1.82, 2.24) is 10.2 Å². The molecule has 7 rings (SSSR count). The van der Waals surface area contributed by atoms with Gasteiger partial charge in [-0.2, -0.15) is 0 Å². The van der Waals surface area contributed by atoms with Crippen molar-refractivity contribution in [2.45, 2.75) is 61.7 Å². The van der Waals surface area contributed by atoms with Crippen LogP contribution in [0.1, 0.15) is 36.4 Å². The van der Waals surface area contributed by atoms with Gasteiger partial charge in [-0.3, -0.25) is 9.89 Å². The van der Waals surface area contributed by atoms with Gasteiger partial charge in [0.15, 0.2) is 0 Å². The Morgan fingerprint density at radius 2 is 1.66 bits per heavy atom. The van der Waals surface area contributed by atoms with E-state index in [1.165, 1.54) is 23.1 Å². The molecule has 6 aliphatic rings. The maximum atomic E-state index is 6.46. The van der Waals surface area contributed by atoms with E-state index in [9.17, 15) is 0 Å². The maximum Gasteiger partial charge on any atom is 0.0959 e. The molecule has 4 nitrogen and oxygen atoms in total. The van der Waals surface area contributed by atoms with Crippen LogP contribution in [-0.2, 0) is 4.74 Å². The molecule has 4 heteroatoms. The highest BCUT2D eigenvalue weighted by Crippen LogP contribution is 2.38. The predicted octanol–water partition coefficient (Wildman–Crippen LogP) is 4.95. The van der Waals surface area contributed by atoms with E-state index in [0.717, 1.165) is 19.4 Å². The number of benzene rings is 1. The molecule has 0 radical (unpaired) electrons. The van der Waals surface area contributed by atoms with E-state index in [4.69, 9.17) is 9.73 Å². The monoisotopic (exact) mass is 463 g/mol. The zero-order chi connectivity index (χ0) is 23.2. The van der Waals surface area contributed by atoms with Gasteiger partial charge in [0, 0.05) is 30.8 Å². The average molecular weight is 464 g/mol. The van der Waals surface area contributed by atoms with E-state index >= 15 is 0 Å². The number of fused-ring (bicyclic) bond motifs is 2. The van der Waals surface area contributed by atoms with Crippen molar-refractivity contribution in [3.05, 3.63) is 102 Å². The number of nitrogens with one attached hydrogen (secondary N) is 1. The molecule has 1 N–H and O–H groups in total. The van der Waals surface area contributed by atoms with Crippen LogP contribution in [0.15, 0.2) is 96.1 Å². The molecule has 0 spiro atoms. The quantitative estimate of drug-likeness (QED) is 0.643. The number of hydrogen-bond donors (Lipinski definition) is 1. The summed E-state index contributed by atoms with van der Waals surface area (Å²) in [6.45, 7) is 1.16. The van der Waals surface area contributed by atoms with Gasteiger partial charge in [0.1, 0.15) is 0 Å². The molecule has 3 heterocycles. The normalized spacial score (nSPS) is 39.3. The summed E-state index contributed by atoms with van der Waals surface area (Å²) in [6, 6.07) is 10.9. The molecule has 1 aromatic carbocycles. The van der Waals surface area contributed by atoms with Gasteiger partial charge in [-0.15, -0.1) is 0 Å². The molecule has 0 amide bonds. The SMILES string of the molecule is C1=CC2OC3C=CC=CC3N(C3C=CC=C(c4cccc(C5CCC(C6CN6)C=N5)c4)C3)C2C=C1. The highest BCUT2D eigenvalue weighted by atomic mass is 16.5. The first-order valence-corrected chi connectivity index (χ1v) is 13.2. The number of nitrogens with zero attached hydrogens (tertiary/aromatic N) is 2. The average Bonchev–Trinajstić information content (AvgIpc) is 3.78. The van der Waals surface area contributed by atoms with Crippen molar-refractivity contribution in [2.24, 2.45) is 10.9 Å². The minimum absolute atomic E-state index is 0.0994. The Morgan fingerprint density at radius 3 is 2.37 bits per heavy atom. The molecule has 8 atom stereocenters. The van der Waals surface area contributed by atoms with Crippen LogP contribution in [-0.4, -0.2) is 54.0 Å². The summed E-state index contributed by atoms with van der Waals surface area (Å²) < 4.78 is 6.46. The van der Waals surface area contributed by atoms with Gasteiger partial charge < -0.3 is 10.1 Å². The smallest absolute Gasteiger partial charge is 0.0959 e. The molecule has 3 aliphatic carbocycles. The third-order valence-corrected chi connectivity index (χ3v) is 8.39. The zero-order valence-corrected chi connectivity index (χ0v) is 20.0. The minimum atomic E-state index is 0.0994. The molecule has 8 unspecified atom stereocenters. The third kappa shape index (κ3) is 4.14. The first-order chi connectivity index (χ1) is 17.3. The van der Waals surface area contributed by atoms with Crippen LogP contribution in [0.3, 0.4) is 0 Å². The molecule has 0 saturated carbocycles. The van der Waals surface area contributed by atoms with Crippen LogP contribution in [0.4, 0.5) is 0 Å². The lowest BCUT2D eigenvalue weighted by Gasteiger charge is -2.51. The Bertz CT molecular complexity index is 1150. The fourth-order valence-electron chi connectivity index (χ4n) is 6.43. The third-order valence-electron chi connectivity index (χ3n) is 8.39. The molecule has 2 fully saturated rings. The second kappa shape index (κ2) is 9.02. The largest absolute Gasteiger partial charge is 0.363 e. The van der Waals surface area contributed by atoms with E-state index < -0.39 is 0 Å². The number of morpholine rings is 1. The fourth-order valence-corrected chi connectivity index (χ4v) is 6.43. The number of aliphatic imine (C=N–C) groups is 1. The van der Waals surface area contributed by atoms with Gasteiger partial charge in [0.05, 0.1) is 30.3 Å². The lowest BCUT2D eigenvalue weighted by atomic mass is 9.86. The van der Waals surface area contributed by atoms with E-state index in [-0.39, 0.29) is 24.3 Å². The lowest BCUT2D eigenvalue weighted by Crippen LogP contribution is -2.62. The second-order valence-corrected chi connectivity index (χ2v) is 10.6. The molecule has 35 heavy (non-hydrogen) atoms. The number of hydrogen-bond acceptors (Lipinski definition) is 4. The summed E-state index contributed by atoms with van der Waals surface area (Å²) in [5, 5.41) is 3.44. The summed E-state index contributed by atoms with van der Waals surface area (Å²) in [5.41, 5.74) is 4.09. The van der Waals surface area contributed by atoms with Crippen molar-refractivity contribution in [3.8, 4) is 0 Å². The van der Waals surface area contributed by atoms with Crippen LogP contribution in [0.25, 0.3) is 5.57 Å². The lowest BCUT2D eigenvalue weighted by molar-refractivity contribution is -0.0989. The van der Waals surface area contributed by atoms with Crippen molar-refractivity contribution in [2.75, 3.05) is 6.54 Å². The Balaban J connectivity index is 1.12. The molecule has 1 aromatic rings. The summed E-state index contributed by atoms with van der Waals surface area (Å²) in [5.74, 6) is 0.620. The van der Waals surface area contributed by atoms with E-state index in [1.54, 1.807) is 0 Å². The zero-order valence-electron chi connectivity index (χ0n) is 20.0. The predicted molar refractivity (Wildman–Crippen MR) is 142 cm³/mol. The Kier molecular flexibility index (Phi) is 5.54. The topological polar surface area (TPSA) is 46.8 Å². The van der Waals surface area contributed by atoms with E-state index in [2.05, 4.69) is 108 Å². The van der Waals surface area contributed by atoms with Crippen molar-refractivity contribution in [1.29, 1.82) is 0 Å². The maximum absolute atomic E-state index is 6.46. The summed E-state index contributed by atoms with van der Waals surface area (Å²) in [7, 11) is 0. The standard InChI is InChI=1S/C31H33N3O/c1-3-13-30-28(11-1)34(29-12-2-4-14-31(29)35-30)25-10-6-8-22(18-25)21-7-5-9-23(17-21)26-16-15-24(19-32-26)27-20-33-27/h1-14,17,19,24-31,33H,15-16,18,20H2. The summed E-state index contributed by atoms with van der Waals surface area (Å²) >= 11 is 0. The van der Waals surface area contributed by atoms with Gasteiger partial charge in [0.2, 0.25) is 0 Å². The molecular weight excluding hydrogens is 430 g/mol. The molecular formula is C31H33N3O. The van der Waals surface area contributed by atoms with Crippen LogP contribution in [0.2, 0.25) is 0 Å². The van der Waals surface area contributed by atoms with Gasteiger partial charge in [-0.1, -0.05) is 85.0 Å². The Labute approximate surface area is 208 Å². The molecule has 178 valence electrons. The number of allylic oxidation sites excluding steroid dienone is 6. The van der Waals surface area contributed by atoms with Crippen LogP contribution in [0, 0.1) is 5.92 Å². The minimum Gasteiger partial charge on any atom is -0.363 e. The number of ether oxygens (including phenoxy) is 1. The van der Waals surface area contributed by atoms with Crippen LogP contribution < -0.4 is 5.32 Å². The first-order valence-electron chi connectivity index (χ1n) is 13.2. The van der Waals surface area contributed by atoms with Crippen molar-refractivity contribution < 1.29 is 4.74 Å². The first kappa shape index (κ1) is 21.5. The second-order valence-electron chi connectivity index (χ2n) is 10.6. The highest BCUT2D eigenvalue weighted by Gasteiger charge is 2.43. The van der Waals surface area contributed by atoms with E-state index in [1.807, 2.05) is 0 Å². The van der Waals surface area contributed by atoms with Gasteiger partial charge in [-0.25, -0.2) is 0 Å². The van der Waals surface area contributed by atoms with Crippen LogP contribution >= 0.6 is 0 Å². The molecule has 3 aliphatic heterocycles. The fraction of sp³-hybridized carbons (Fsp3) is 0.387. The highest BCUT2D eigenvalue weighted by molar-refractivity contribution is 5.70. The van der Waals surface area contributed by atoms with Gasteiger partial charge in [-0.05, 0) is 42.0 Å². The van der Waals surface area contributed by atoms with Gasteiger partial charge in [0.25, 0.3) is 0 Å². The Morgan fingerprint density at radius 1 is 0.886 bits per heavy atom. The van der Waals surface area contributed by atoms with Gasteiger partial charge >= 0.3 is 0 Å². The Hall–Kier alpha value is -2.79. The van der Waals surface area contributed by atoms with Crippen LogP contribution in [0.5, 0.6) is 0 Å². The molecule has 2 saturated heterocycles. The number of rotatable bonds is 4. The molecule has 0 aromatic heterocycles. The van der Waals surface area contributed by atoms with E-state index in [0.29, 0.717) is 24.0 Å². The van der Waals surface area contributed by atoms with Crippen molar-refractivity contribution >= 4 is 11.8 Å².